The van der Waals surface area contributed by atoms with E-state index in [1.54, 1.807) is 30.3 Å². The predicted molar refractivity (Wildman–Crippen MR) is 124 cm³/mol. The van der Waals surface area contributed by atoms with E-state index in [-0.39, 0.29) is 23.7 Å². The van der Waals surface area contributed by atoms with Crippen LogP contribution in [0.15, 0.2) is 65.0 Å². The first kappa shape index (κ1) is 23.6. The Morgan fingerprint density at radius 1 is 1.24 bits per heavy atom. The van der Waals surface area contributed by atoms with Crippen LogP contribution in [0.4, 0.5) is 5.69 Å². The second-order valence-electron chi connectivity index (χ2n) is 6.85. The van der Waals surface area contributed by atoms with Crippen molar-refractivity contribution >= 4 is 46.5 Å². The number of aromatic hydroxyl groups is 1. The lowest BCUT2D eigenvalue weighted by molar-refractivity contribution is -0.144. The van der Waals surface area contributed by atoms with Crippen molar-refractivity contribution in [3.8, 4) is 11.5 Å². The quantitative estimate of drug-likeness (QED) is 0.394. The number of carboxylic acid groups (broad SMARTS) is 2. The van der Waals surface area contributed by atoms with Crippen LogP contribution in [0, 0.1) is 0 Å². The largest absolute Gasteiger partial charge is 0.507 e. The SMILES string of the molecule is C=CCN1C(=O)/C(=C/c2ccccc2OC(C)C(=O)O)SC1=Nc1ccc(C(=O)O)c(O)c1. The van der Waals surface area contributed by atoms with E-state index >= 15 is 0 Å². The highest BCUT2D eigenvalue weighted by molar-refractivity contribution is 8.18. The summed E-state index contributed by atoms with van der Waals surface area (Å²) < 4.78 is 5.49. The maximum atomic E-state index is 13.0. The van der Waals surface area contributed by atoms with Crippen molar-refractivity contribution in [2.45, 2.75) is 13.0 Å². The molecule has 1 saturated heterocycles. The first-order chi connectivity index (χ1) is 15.7. The van der Waals surface area contributed by atoms with Gasteiger partial charge in [-0.2, -0.15) is 0 Å². The van der Waals surface area contributed by atoms with E-state index in [4.69, 9.17) is 14.9 Å². The first-order valence-electron chi connectivity index (χ1n) is 9.67. The van der Waals surface area contributed by atoms with Crippen LogP contribution in [0.25, 0.3) is 6.08 Å². The average molecular weight is 468 g/mol. The number of para-hydroxylation sites is 1. The molecule has 1 aliphatic heterocycles. The lowest BCUT2D eigenvalue weighted by Crippen LogP contribution is -2.29. The fraction of sp³-hybridized carbons (Fsp3) is 0.130. The van der Waals surface area contributed by atoms with Crippen molar-refractivity contribution in [2.75, 3.05) is 6.54 Å². The van der Waals surface area contributed by atoms with Gasteiger partial charge in [-0.1, -0.05) is 24.3 Å². The summed E-state index contributed by atoms with van der Waals surface area (Å²) in [7, 11) is 0. The Morgan fingerprint density at radius 3 is 2.61 bits per heavy atom. The Bertz CT molecular complexity index is 1190. The number of aliphatic imine (C=N–C) groups is 1. The van der Waals surface area contributed by atoms with Crippen molar-refractivity contribution in [3.05, 3.63) is 71.2 Å². The van der Waals surface area contributed by atoms with Gasteiger partial charge in [-0.15, -0.1) is 6.58 Å². The molecule has 0 radical (unpaired) electrons. The molecule has 1 fully saturated rings. The number of nitrogens with zero attached hydrogens (tertiary/aromatic N) is 2. The Hall–Kier alpha value is -4.05. The normalized spacial score (nSPS) is 16.8. The number of carboxylic acids is 2. The molecule has 0 saturated carbocycles. The van der Waals surface area contributed by atoms with Crippen LogP contribution in [0.5, 0.6) is 11.5 Å². The number of ether oxygens (including phenoxy) is 1. The fourth-order valence-corrected chi connectivity index (χ4v) is 3.85. The minimum absolute atomic E-state index is 0.176. The third kappa shape index (κ3) is 5.42. The van der Waals surface area contributed by atoms with Gasteiger partial charge in [-0.25, -0.2) is 14.6 Å². The van der Waals surface area contributed by atoms with Crippen LogP contribution in [-0.2, 0) is 9.59 Å². The lowest BCUT2D eigenvalue weighted by atomic mass is 10.1. The highest BCUT2D eigenvalue weighted by Crippen LogP contribution is 2.36. The molecule has 3 rings (SSSR count). The third-order valence-corrected chi connectivity index (χ3v) is 5.50. The number of aliphatic carboxylic acids is 1. The molecule has 0 bridgehead atoms. The molecule has 0 spiro atoms. The zero-order valence-corrected chi connectivity index (χ0v) is 18.3. The second-order valence-corrected chi connectivity index (χ2v) is 7.86. The van der Waals surface area contributed by atoms with Gasteiger partial charge in [-0.05, 0) is 43.0 Å². The van der Waals surface area contributed by atoms with Gasteiger partial charge in [0.1, 0.15) is 17.1 Å². The topological polar surface area (TPSA) is 137 Å². The van der Waals surface area contributed by atoms with Crippen molar-refractivity contribution in [1.82, 2.24) is 4.90 Å². The smallest absolute Gasteiger partial charge is 0.344 e. The Labute approximate surface area is 193 Å². The Morgan fingerprint density at radius 2 is 1.97 bits per heavy atom. The molecule has 1 amide bonds. The van der Waals surface area contributed by atoms with Crippen LogP contribution in [0.3, 0.4) is 0 Å². The number of amidine groups is 1. The molecule has 10 heteroatoms. The molecule has 1 aliphatic rings. The number of thioether (sulfide) groups is 1. The van der Waals surface area contributed by atoms with Crippen LogP contribution in [-0.4, -0.2) is 55.9 Å². The van der Waals surface area contributed by atoms with Gasteiger partial charge in [0.2, 0.25) is 0 Å². The minimum Gasteiger partial charge on any atom is -0.507 e. The molecule has 2 aromatic carbocycles. The van der Waals surface area contributed by atoms with Gasteiger partial charge < -0.3 is 20.1 Å². The van der Waals surface area contributed by atoms with Crippen LogP contribution >= 0.6 is 11.8 Å². The Kier molecular flexibility index (Phi) is 7.19. The number of rotatable bonds is 8. The van der Waals surface area contributed by atoms with Gasteiger partial charge in [0, 0.05) is 18.2 Å². The van der Waals surface area contributed by atoms with E-state index in [1.165, 1.54) is 36.1 Å². The molecule has 1 unspecified atom stereocenters. The predicted octanol–water partition coefficient (Wildman–Crippen LogP) is 3.73. The molecule has 33 heavy (non-hydrogen) atoms. The summed E-state index contributed by atoms with van der Waals surface area (Å²) in [4.78, 5) is 41.3. The number of hydrogen-bond acceptors (Lipinski definition) is 7. The summed E-state index contributed by atoms with van der Waals surface area (Å²) in [6.07, 6.45) is 2.04. The van der Waals surface area contributed by atoms with Gasteiger partial charge in [-0.3, -0.25) is 9.69 Å². The van der Waals surface area contributed by atoms with E-state index in [1.807, 2.05) is 0 Å². The van der Waals surface area contributed by atoms with E-state index < -0.39 is 23.8 Å². The minimum atomic E-state index is -1.27. The molecule has 9 nitrogen and oxygen atoms in total. The van der Waals surface area contributed by atoms with Gasteiger partial charge in [0.15, 0.2) is 11.3 Å². The van der Waals surface area contributed by atoms with Crippen molar-refractivity contribution in [2.24, 2.45) is 4.99 Å². The molecule has 2 aromatic rings. The lowest BCUT2D eigenvalue weighted by Gasteiger charge is -2.13. The van der Waals surface area contributed by atoms with Crippen LogP contribution in [0.1, 0.15) is 22.8 Å². The standard InChI is InChI=1S/C23H20N2O7S/c1-3-10-25-20(27)19(11-14-6-4-5-7-18(14)32-13(2)21(28)29)33-23(25)24-15-8-9-16(22(30)31)17(26)12-15/h3-9,11-13,26H,1,10H2,2H3,(H,28,29)(H,30,31)/b19-11-,24-23?. The molecule has 0 aliphatic carbocycles. The summed E-state index contributed by atoms with van der Waals surface area (Å²) in [6.45, 7) is 5.24. The number of carbonyl (C=O) groups excluding carboxylic acids is 1. The molecule has 1 atom stereocenters. The summed E-state index contributed by atoms with van der Waals surface area (Å²) in [6, 6.07) is 10.6. The number of benzene rings is 2. The van der Waals surface area contributed by atoms with E-state index in [0.717, 1.165) is 11.8 Å². The number of phenols is 1. The summed E-state index contributed by atoms with van der Waals surface area (Å²) in [5.74, 6) is -2.86. The molecular weight excluding hydrogens is 448 g/mol. The van der Waals surface area contributed by atoms with Gasteiger partial charge in [0.25, 0.3) is 5.91 Å². The number of aromatic carboxylic acids is 1. The highest BCUT2D eigenvalue weighted by atomic mass is 32.2. The summed E-state index contributed by atoms with van der Waals surface area (Å²) in [5.41, 5.74) is 0.525. The van der Waals surface area contributed by atoms with E-state index in [9.17, 15) is 19.5 Å². The second kappa shape index (κ2) is 10.0. The monoisotopic (exact) mass is 468 g/mol. The van der Waals surface area contributed by atoms with Crippen molar-refractivity contribution in [1.29, 1.82) is 0 Å². The van der Waals surface area contributed by atoms with Gasteiger partial charge in [0.05, 0.1) is 10.6 Å². The maximum absolute atomic E-state index is 13.0. The molecule has 170 valence electrons. The number of amides is 1. The highest BCUT2D eigenvalue weighted by Gasteiger charge is 2.33. The van der Waals surface area contributed by atoms with Crippen LogP contribution in [0.2, 0.25) is 0 Å². The summed E-state index contributed by atoms with van der Waals surface area (Å²) >= 11 is 1.08. The molecular formula is C23H20N2O7S. The first-order valence-corrected chi connectivity index (χ1v) is 10.5. The number of hydrogen-bond donors (Lipinski definition) is 3. The summed E-state index contributed by atoms with van der Waals surface area (Å²) in [5, 5.41) is 28.4. The van der Waals surface area contributed by atoms with Crippen molar-refractivity contribution < 1.29 is 34.4 Å². The number of carbonyl (C=O) groups is 3. The fourth-order valence-electron chi connectivity index (χ4n) is 2.85. The van der Waals surface area contributed by atoms with Crippen LogP contribution < -0.4 is 4.74 Å². The van der Waals surface area contributed by atoms with E-state index in [2.05, 4.69) is 11.6 Å². The van der Waals surface area contributed by atoms with E-state index in [0.29, 0.717) is 21.4 Å². The zero-order chi connectivity index (χ0) is 24.1. The Balaban J connectivity index is 1.96. The average Bonchev–Trinajstić information content (AvgIpc) is 3.04. The molecule has 3 N–H and O–H groups in total. The molecule has 0 aromatic heterocycles. The van der Waals surface area contributed by atoms with Crippen molar-refractivity contribution in [3.63, 3.8) is 0 Å². The third-order valence-electron chi connectivity index (χ3n) is 4.49. The molecule has 1 heterocycles. The maximum Gasteiger partial charge on any atom is 0.344 e. The zero-order valence-electron chi connectivity index (χ0n) is 17.5. The van der Waals surface area contributed by atoms with Gasteiger partial charge >= 0.3 is 11.9 Å².